The molecule has 126 valence electrons. The third-order valence-electron chi connectivity index (χ3n) is 5.25. The van der Waals surface area contributed by atoms with E-state index in [4.69, 9.17) is 4.52 Å². The molecule has 0 unspecified atom stereocenters. The lowest BCUT2D eigenvalue weighted by Crippen LogP contribution is -2.36. The molecule has 2 aromatic rings. The van der Waals surface area contributed by atoms with Crippen LogP contribution in [-0.4, -0.2) is 27.5 Å². The molecule has 4 rings (SSSR count). The number of amides is 1. The highest BCUT2D eigenvalue weighted by molar-refractivity contribution is 5.79. The van der Waals surface area contributed by atoms with E-state index < -0.39 is 0 Å². The first-order valence-corrected chi connectivity index (χ1v) is 9.02. The Hall–Kier alpha value is -2.17. The number of hydrogen-bond acceptors (Lipinski definition) is 4. The second-order valence-corrected chi connectivity index (χ2v) is 6.85. The summed E-state index contributed by atoms with van der Waals surface area (Å²) in [5, 5.41) is 4.11. The number of rotatable bonds is 3. The average molecular weight is 325 g/mol. The third kappa shape index (κ3) is 2.95. The molecule has 1 aromatic carbocycles. The van der Waals surface area contributed by atoms with Crippen LogP contribution in [0, 0.1) is 5.92 Å². The van der Waals surface area contributed by atoms with Gasteiger partial charge in [-0.1, -0.05) is 54.8 Å². The topological polar surface area (TPSA) is 59.2 Å². The van der Waals surface area contributed by atoms with E-state index in [1.165, 1.54) is 19.3 Å². The quantitative estimate of drug-likeness (QED) is 0.856. The van der Waals surface area contributed by atoms with Crippen LogP contribution >= 0.6 is 0 Å². The maximum absolute atomic E-state index is 12.9. The van der Waals surface area contributed by atoms with Gasteiger partial charge in [0, 0.05) is 18.0 Å². The second kappa shape index (κ2) is 6.75. The van der Waals surface area contributed by atoms with E-state index >= 15 is 0 Å². The Morgan fingerprint density at radius 1 is 1.04 bits per heavy atom. The van der Waals surface area contributed by atoms with Gasteiger partial charge in [-0.2, -0.15) is 4.98 Å². The van der Waals surface area contributed by atoms with Crippen LogP contribution in [-0.2, 0) is 4.79 Å². The van der Waals surface area contributed by atoms with Crippen molar-refractivity contribution >= 4 is 5.91 Å². The highest BCUT2D eigenvalue weighted by Crippen LogP contribution is 2.35. The van der Waals surface area contributed by atoms with Crippen LogP contribution in [0.15, 0.2) is 34.9 Å². The third-order valence-corrected chi connectivity index (χ3v) is 5.25. The Balaban J connectivity index is 1.52. The summed E-state index contributed by atoms with van der Waals surface area (Å²) in [5.74, 6) is 1.66. The molecule has 24 heavy (non-hydrogen) atoms. The number of carbonyl (C=O) groups excluding carboxylic acids is 1. The first-order valence-electron chi connectivity index (χ1n) is 9.02. The Labute approximate surface area is 142 Å². The lowest BCUT2D eigenvalue weighted by molar-refractivity contribution is -0.138. The van der Waals surface area contributed by atoms with Crippen LogP contribution in [0.2, 0.25) is 0 Å². The van der Waals surface area contributed by atoms with Gasteiger partial charge in [0.2, 0.25) is 17.6 Å². The van der Waals surface area contributed by atoms with E-state index in [2.05, 4.69) is 10.1 Å². The van der Waals surface area contributed by atoms with Gasteiger partial charge < -0.3 is 9.42 Å². The molecule has 1 aromatic heterocycles. The zero-order valence-corrected chi connectivity index (χ0v) is 13.9. The number of carbonyl (C=O) groups is 1. The van der Waals surface area contributed by atoms with Crippen molar-refractivity contribution in [1.82, 2.24) is 15.0 Å². The molecule has 0 bridgehead atoms. The molecule has 0 N–H and O–H groups in total. The zero-order valence-electron chi connectivity index (χ0n) is 13.9. The summed E-state index contributed by atoms with van der Waals surface area (Å²) >= 11 is 0. The number of likely N-dealkylation sites (tertiary alicyclic amines) is 1. The highest BCUT2D eigenvalue weighted by Gasteiger charge is 2.37. The molecule has 1 aliphatic carbocycles. The van der Waals surface area contributed by atoms with E-state index in [-0.39, 0.29) is 17.9 Å². The smallest absolute Gasteiger partial charge is 0.249 e. The molecule has 1 aliphatic heterocycles. The van der Waals surface area contributed by atoms with Crippen LogP contribution < -0.4 is 0 Å². The van der Waals surface area contributed by atoms with E-state index in [1.807, 2.05) is 35.2 Å². The molecule has 5 nitrogen and oxygen atoms in total. The van der Waals surface area contributed by atoms with Crippen molar-refractivity contribution in [2.24, 2.45) is 5.92 Å². The second-order valence-electron chi connectivity index (χ2n) is 6.85. The monoisotopic (exact) mass is 325 g/mol. The first kappa shape index (κ1) is 15.4. The Morgan fingerprint density at radius 3 is 2.62 bits per heavy atom. The molecule has 0 radical (unpaired) electrons. The summed E-state index contributed by atoms with van der Waals surface area (Å²) in [6, 6.07) is 9.76. The van der Waals surface area contributed by atoms with Gasteiger partial charge in [-0.3, -0.25) is 4.79 Å². The summed E-state index contributed by atoms with van der Waals surface area (Å²) in [6.45, 7) is 0.809. The molecule has 1 atom stereocenters. The average Bonchev–Trinajstić information content (AvgIpc) is 3.32. The van der Waals surface area contributed by atoms with E-state index in [1.54, 1.807) is 0 Å². The number of aromatic nitrogens is 2. The summed E-state index contributed by atoms with van der Waals surface area (Å²) in [5.41, 5.74) is 0.940. The molecule has 0 spiro atoms. The fourth-order valence-electron chi connectivity index (χ4n) is 3.95. The predicted octanol–water partition coefficient (Wildman–Crippen LogP) is 3.98. The van der Waals surface area contributed by atoms with Gasteiger partial charge in [0.15, 0.2) is 0 Å². The lowest BCUT2D eigenvalue weighted by atomic mass is 9.88. The minimum absolute atomic E-state index is 0.0515. The summed E-state index contributed by atoms with van der Waals surface area (Å²) in [6.07, 6.45) is 7.59. The number of nitrogens with zero attached hydrogens (tertiary/aromatic N) is 3. The van der Waals surface area contributed by atoms with Crippen LogP contribution in [0.4, 0.5) is 0 Å². The molecule has 1 amide bonds. The molecule has 5 heteroatoms. The molecule has 2 heterocycles. The summed E-state index contributed by atoms with van der Waals surface area (Å²) in [4.78, 5) is 19.4. The minimum atomic E-state index is -0.0515. The summed E-state index contributed by atoms with van der Waals surface area (Å²) in [7, 11) is 0. The number of hydrogen-bond donors (Lipinski definition) is 0. The summed E-state index contributed by atoms with van der Waals surface area (Å²) < 4.78 is 5.52. The van der Waals surface area contributed by atoms with Crippen LogP contribution in [0.1, 0.15) is 56.9 Å². The van der Waals surface area contributed by atoms with Gasteiger partial charge in [-0.25, -0.2) is 0 Å². The predicted molar refractivity (Wildman–Crippen MR) is 90.0 cm³/mol. The van der Waals surface area contributed by atoms with Crippen LogP contribution in [0.3, 0.4) is 0 Å². The van der Waals surface area contributed by atoms with Crippen molar-refractivity contribution in [3.8, 4) is 11.4 Å². The standard InChI is InChI=1S/C19H23N3O2/c23-19(15-10-5-2-6-11-15)22-13-7-12-16(22)18-20-17(21-24-18)14-8-3-1-4-9-14/h1,3-4,8-9,15-16H,2,5-7,10-13H2/t16-/m1/s1. The molecular weight excluding hydrogens is 302 g/mol. The molecule has 2 aliphatic rings. The van der Waals surface area contributed by atoms with E-state index in [0.29, 0.717) is 11.7 Å². The normalized spacial score (nSPS) is 22.0. The van der Waals surface area contributed by atoms with Crippen LogP contribution in [0.5, 0.6) is 0 Å². The molecule has 1 saturated carbocycles. The Kier molecular flexibility index (Phi) is 4.32. The van der Waals surface area contributed by atoms with Crippen LogP contribution in [0.25, 0.3) is 11.4 Å². The molecular formula is C19H23N3O2. The Bertz CT molecular complexity index is 692. The van der Waals surface area contributed by atoms with Gasteiger partial charge in [-0.05, 0) is 25.7 Å². The largest absolute Gasteiger partial charge is 0.337 e. The lowest BCUT2D eigenvalue weighted by Gasteiger charge is -2.29. The van der Waals surface area contributed by atoms with Gasteiger partial charge in [0.05, 0.1) is 0 Å². The van der Waals surface area contributed by atoms with Crippen molar-refractivity contribution in [3.05, 3.63) is 36.2 Å². The van der Waals surface area contributed by atoms with Crippen molar-refractivity contribution in [2.45, 2.75) is 51.0 Å². The zero-order chi connectivity index (χ0) is 16.4. The molecule has 1 saturated heterocycles. The highest BCUT2D eigenvalue weighted by atomic mass is 16.5. The fourth-order valence-corrected chi connectivity index (χ4v) is 3.95. The van der Waals surface area contributed by atoms with Gasteiger partial charge in [0.25, 0.3) is 0 Å². The van der Waals surface area contributed by atoms with Crippen molar-refractivity contribution < 1.29 is 9.32 Å². The number of benzene rings is 1. The van der Waals surface area contributed by atoms with E-state index in [0.717, 1.165) is 37.8 Å². The van der Waals surface area contributed by atoms with Crippen molar-refractivity contribution in [2.75, 3.05) is 6.54 Å². The first-order chi connectivity index (χ1) is 11.8. The van der Waals surface area contributed by atoms with Gasteiger partial charge in [-0.15, -0.1) is 0 Å². The van der Waals surface area contributed by atoms with Gasteiger partial charge in [0.1, 0.15) is 6.04 Å². The van der Waals surface area contributed by atoms with Crippen molar-refractivity contribution in [3.63, 3.8) is 0 Å². The Morgan fingerprint density at radius 2 is 1.83 bits per heavy atom. The maximum atomic E-state index is 12.9. The molecule has 2 fully saturated rings. The van der Waals surface area contributed by atoms with E-state index in [9.17, 15) is 4.79 Å². The fraction of sp³-hybridized carbons (Fsp3) is 0.526. The maximum Gasteiger partial charge on any atom is 0.249 e. The minimum Gasteiger partial charge on any atom is -0.337 e. The van der Waals surface area contributed by atoms with Crippen molar-refractivity contribution in [1.29, 1.82) is 0 Å². The van der Waals surface area contributed by atoms with Gasteiger partial charge >= 0.3 is 0 Å². The SMILES string of the molecule is O=C(C1CCCCC1)N1CCC[C@@H]1c1nc(-c2ccccc2)no1.